The van der Waals surface area contributed by atoms with E-state index in [0.717, 1.165) is 23.1 Å². The molecule has 17 heavy (non-hydrogen) atoms. The van der Waals surface area contributed by atoms with E-state index >= 15 is 0 Å². The molecule has 1 aliphatic heterocycles. The van der Waals surface area contributed by atoms with Crippen LogP contribution in [0.3, 0.4) is 0 Å². The summed E-state index contributed by atoms with van der Waals surface area (Å²) in [4.78, 5) is 0. The predicted molar refractivity (Wildman–Crippen MR) is 68.9 cm³/mol. The second-order valence-corrected chi connectivity index (χ2v) is 4.25. The molecule has 2 rings (SSSR count). The fourth-order valence-corrected chi connectivity index (χ4v) is 2.01. The van der Waals surface area contributed by atoms with Gasteiger partial charge in [-0.1, -0.05) is 12.7 Å². The molecule has 1 aromatic rings. The standard InChI is InChI=1S/C14H16FNO/c1-9(2)12-7-11(15)8-13(14(12)16)10-3-5-17-6-4-10/h3,7-8H,1,4-6,16H2,2H3. The number of allylic oxidation sites excluding steroid dienone is 1. The van der Waals surface area contributed by atoms with Gasteiger partial charge in [-0.2, -0.15) is 0 Å². The van der Waals surface area contributed by atoms with Crippen molar-refractivity contribution in [1.29, 1.82) is 0 Å². The maximum Gasteiger partial charge on any atom is 0.124 e. The number of rotatable bonds is 2. The van der Waals surface area contributed by atoms with Crippen LogP contribution in [0.2, 0.25) is 0 Å². The van der Waals surface area contributed by atoms with Crippen molar-refractivity contribution in [1.82, 2.24) is 0 Å². The van der Waals surface area contributed by atoms with Crippen LogP contribution in [0.5, 0.6) is 0 Å². The molecule has 90 valence electrons. The summed E-state index contributed by atoms with van der Waals surface area (Å²) in [6.07, 6.45) is 2.72. The van der Waals surface area contributed by atoms with E-state index in [1.165, 1.54) is 12.1 Å². The Bertz CT molecular complexity index is 491. The predicted octanol–water partition coefficient (Wildman–Crippen LogP) is 3.24. The van der Waals surface area contributed by atoms with Crippen molar-refractivity contribution >= 4 is 16.8 Å². The normalized spacial score (nSPS) is 15.5. The molecule has 1 heterocycles. The number of halogens is 1. The summed E-state index contributed by atoms with van der Waals surface area (Å²) < 4.78 is 18.8. The zero-order chi connectivity index (χ0) is 12.4. The van der Waals surface area contributed by atoms with Crippen LogP contribution in [0, 0.1) is 5.82 Å². The number of anilines is 1. The summed E-state index contributed by atoms with van der Waals surface area (Å²) in [7, 11) is 0. The molecule has 0 aliphatic carbocycles. The summed E-state index contributed by atoms with van der Waals surface area (Å²) >= 11 is 0. The van der Waals surface area contributed by atoms with Gasteiger partial charge in [-0.3, -0.25) is 0 Å². The zero-order valence-electron chi connectivity index (χ0n) is 9.92. The Labute approximate surface area is 101 Å². The molecule has 0 atom stereocenters. The number of ether oxygens (including phenoxy) is 1. The fourth-order valence-electron chi connectivity index (χ4n) is 2.01. The van der Waals surface area contributed by atoms with Gasteiger partial charge in [0.15, 0.2) is 0 Å². The first-order valence-corrected chi connectivity index (χ1v) is 5.61. The lowest BCUT2D eigenvalue weighted by Crippen LogP contribution is -2.07. The highest BCUT2D eigenvalue weighted by atomic mass is 19.1. The van der Waals surface area contributed by atoms with Crippen molar-refractivity contribution in [2.24, 2.45) is 0 Å². The first-order valence-electron chi connectivity index (χ1n) is 5.61. The fraction of sp³-hybridized carbons (Fsp3) is 0.286. The van der Waals surface area contributed by atoms with Crippen molar-refractivity contribution in [2.75, 3.05) is 18.9 Å². The molecule has 0 bridgehead atoms. The molecule has 1 aromatic carbocycles. The van der Waals surface area contributed by atoms with E-state index in [1.807, 2.05) is 13.0 Å². The first kappa shape index (κ1) is 11.9. The Kier molecular flexibility index (Phi) is 3.29. The van der Waals surface area contributed by atoms with Crippen molar-refractivity contribution in [3.8, 4) is 0 Å². The summed E-state index contributed by atoms with van der Waals surface area (Å²) in [6.45, 7) is 6.87. The Hall–Kier alpha value is -1.61. The van der Waals surface area contributed by atoms with Crippen LogP contribution in [0.15, 0.2) is 24.8 Å². The van der Waals surface area contributed by atoms with Gasteiger partial charge in [0, 0.05) is 16.8 Å². The first-order chi connectivity index (χ1) is 8.09. The third-order valence-electron chi connectivity index (χ3n) is 2.91. The summed E-state index contributed by atoms with van der Waals surface area (Å²) in [5.41, 5.74) is 9.96. The third-order valence-corrected chi connectivity index (χ3v) is 2.91. The molecule has 1 aliphatic rings. The average molecular weight is 233 g/mol. The molecule has 0 amide bonds. The lowest BCUT2D eigenvalue weighted by molar-refractivity contribution is 0.161. The number of nitrogen functional groups attached to an aromatic ring is 1. The maximum absolute atomic E-state index is 13.6. The van der Waals surface area contributed by atoms with Gasteiger partial charge in [-0.15, -0.1) is 0 Å². The molecule has 0 spiro atoms. The SMILES string of the molecule is C=C(C)c1cc(F)cc(C2=CCOCC2)c1N. The van der Waals surface area contributed by atoms with E-state index in [-0.39, 0.29) is 5.82 Å². The van der Waals surface area contributed by atoms with E-state index in [0.29, 0.717) is 24.5 Å². The topological polar surface area (TPSA) is 35.2 Å². The molecule has 0 fully saturated rings. The smallest absolute Gasteiger partial charge is 0.124 e. The summed E-state index contributed by atoms with van der Waals surface area (Å²) in [6, 6.07) is 2.92. The summed E-state index contributed by atoms with van der Waals surface area (Å²) in [5.74, 6) is -0.278. The lowest BCUT2D eigenvalue weighted by Gasteiger charge is -2.17. The molecule has 0 aromatic heterocycles. The van der Waals surface area contributed by atoms with E-state index in [9.17, 15) is 4.39 Å². The monoisotopic (exact) mass is 233 g/mol. The van der Waals surface area contributed by atoms with Gasteiger partial charge in [0.25, 0.3) is 0 Å². The molecule has 0 saturated carbocycles. The number of benzene rings is 1. The molecule has 2 nitrogen and oxygen atoms in total. The van der Waals surface area contributed by atoms with Crippen LogP contribution in [0.25, 0.3) is 11.1 Å². The van der Waals surface area contributed by atoms with E-state index in [4.69, 9.17) is 10.5 Å². The maximum atomic E-state index is 13.6. The molecule has 3 heteroatoms. The number of hydrogen-bond acceptors (Lipinski definition) is 2. The van der Waals surface area contributed by atoms with Crippen molar-refractivity contribution in [3.63, 3.8) is 0 Å². The molecular weight excluding hydrogens is 217 g/mol. The van der Waals surface area contributed by atoms with Crippen molar-refractivity contribution in [3.05, 3.63) is 41.7 Å². The van der Waals surface area contributed by atoms with Crippen molar-refractivity contribution < 1.29 is 9.13 Å². The molecule has 2 N–H and O–H groups in total. The number of nitrogens with two attached hydrogens (primary N) is 1. The molecule has 0 saturated heterocycles. The van der Waals surface area contributed by atoms with E-state index in [1.54, 1.807) is 0 Å². The van der Waals surface area contributed by atoms with Gasteiger partial charge in [0.1, 0.15) is 5.82 Å². The summed E-state index contributed by atoms with van der Waals surface area (Å²) in [5, 5.41) is 0. The average Bonchev–Trinajstić information content (AvgIpc) is 2.32. The Morgan fingerprint density at radius 1 is 1.47 bits per heavy atom. The highest BCUT2D eigenvalue weighted by Gasteiger charge is 2.14. The van der Waals surface area contributed by atoms with Crippen LogP contribution in [0.4, 0.5) is 10.1 Å². The third kappa shape index (κ3) is 2.39. The van der Waals surface area contributed by atoms with Gasteiger partial charge < -0.3 is 10.5 Å². The highest BCUT2D eigenvalue weighted by molar-refractivity contribution is 5.84. The zero-order valence-corrected chi connectivity index (χ0v) is 9.92. The van der Waals surface area contributed by atoms with Gasteiger partial charge in [0.05, 0.1) is 13.2 Å². The van der Waals surface area contributed by atoms with Crippen LogP contribution < -0.4 is 5.73 Å². The van der Waals surface area contributed by atoms with Gasteiger partial charge >= 0.3 is 0 Å². The van der Waals surface area contributed by atoms with E-state index < -0.39 is 0 Å². The van der Waals surface area contributed by atoms with Gasteiger partial charge in [0.2, 0.25) is 0 Å². The van der Waals surface area contributed by atoms with E-state index in [2.05, 4.69) is 6.58 Å². The van der Waals surface area contributed by atoms with Crippen LogP contribution >= 0.6 is 0 Å². The second kappa shape index (κ2) is 4.72. The Balaban J connectivity index is 2.53. The minimum atomic E-state index is -0.278. The molecular formula is C14H16FNO. The van der Waals surface area contributed by atoms with Gasteiger partial charge in [-0.25, -0.2) is 4.39 Å². The largest absolute Gasteiger partial charge is 0.398 e. The Morgan fingerprint density at radius 2 is 2.24 bits per heavy atom. The van der Waals surface area contributed by atoms with Crippen LogP contribution in [-0.2, 0) is 4.74 Å². The minimum absolute atomic E-state index is 0.278. The minimum Gasteiger partial charge on any atom is -0.398 e. The lowest BCUT2D eigenvalue weighted by atomic mass is 9.95. The molecule has 0 radical (unpaired) electrons. The van der Waals surface area contributed by atoms with Gasteiger partial charge in [-0.05, 0) is 36.6 Å². The van der Waals surface area contributed by atoms with Crippen LogP contribution in [0.1, 0.15) is 24.5 Å². The van der Waals surface area contributed by atoms with Crippen molar-refractivity contribution in [2.45, 2.75) is 13.3 Å². The Morgan fingerprint density at radius 3 is 2.82 bits per heavy atom. The second-order valence-electron chi connectivity index (χ2n) is 4.25. The van der Waals surface area contributed by atoms with Crippen LogP contribution in [-0.4, -0.2) is 13.2 Å². The molecule has 0 unspecified atom stereocenters. The number of hydrogen-bond donors (Lipinski definition) is 1. The quantitative estimate of drug-likeness (QED) is 0.796. The highest BCUT2D eigenvalue weighted by Crippen LogP contribution is 2.32.